The van der Waals surface area contributed by atoms with Gasteiger partial charge in [0, 0.05) is 30.9 Å². The number of rotatable bonds is 8. The molecule has 1 amide bonds. The van der Waals surface area contributed by atoms with Crippen LogP contribution in [0.25, 0.3) is 5.69 Å². The minimum absolute atomic E-state index is 0.0210. The second kappa shape index (κ2) is 11.3. The molecule has 0 aliphatic rings. The topological polar surface area (TPSA) is 180 Å². The number of halogens is 3. The lowest BCUT2D eigenvalue weighted by atomic mass is 10.2. The minimum Gasteiger partial charge on any atom is -0.481 e. The van der Waals surface area contributed by atoms with E-state index in [2.05, 4.69) is 5.32 Å². The van der Waals surface area contributed by atoms with E-state index in [0.717, 1.165) is 0 Å². The third-order valence-electron chi connectivity index (χ3n) is 3.75. The summed E-state index contributed by atoms with van der Waals surface area (Å²) in [6.45, 7) is 0.0948. The highest BCUT2D eigenvalue weighted by atomic mass is 19.4. The lowest BCUT2D eigenvalue weighted by Crippen LogP contribution is -2.33. The van der Waals surface area contributed by atoms with Crippen molar-refractivity contribution in [2.75, 3.05) is 6.54 Å². The van der Waals surface area contributed by atoms with E-state index in [9.17, 15) is 27.6 Å². The number of nitrogens with one attached hydrogen (secondary N) is 2. The molecule has 1 aromatic carbocycles. The standard InChI is InChI=1S/C16H19N5O4.C2HF3O2/c17-15(18)11-3-5-12(6-4-11)21-9-8-20(16(21)25)10-13(22)19-7-1-2-14(23)24;3-2(4,5)1(6)7/h3-6,8-9H,1-2,7,10H2,(H3,17,18)(H,19,22)(H,23,24);(H,6,7). The van der Waals surface area contributed by atoms with Gasteiger partial charge in [-0.2, -0.15) is 13.2 Å². The lowest BCUT2D eigenvalue weighted by molar-refractivity contribution is -0.192. The average molecular weight is 459 g/mol. The van der Waals surface area contributed by atoms with Gasteiger partial charge in [0.05, 0.1) is 5.69 Å². The number of carboxylic acid groups (broad SMARTS) is 2. The Balaban J connectivity index is 0.000000633. The first-order valence-corrected chi connectivity index (χ1v) is 8.84. The number of benzene rings is 1. The van der Waals surface area contributed by atoms with Gasteiger partial charge in [0.2, 0.25) is 5.91 Å². The Morgan fingerprint density at radius 2 is 1.66 bits per heavy atom. The fourth-order valence-electron chi connectivity index (χ4n) is 2.21. The van der Waals surface area contributed by atoms with E-state index in [1.165, 1.54) is 15.3 Å². The normalized spacial score (nSPS) is 10.6. The highest BCUT2D eigenvalue weighted by Crippen LogP contribution is 2.13. The van der Waals surface area contributed by atoms with Gasteiger partial charge in [-0.15, -0.1) is 0 Å². The Labute approximate surface area is 178 Å². The molecule has 0 unspecified atom stereocenters. The molecular formula is C18H20F3N5O6. The van der Waals surface area contributed by atoms with Crippen LogP contribution in [0.1, 0.15) is 18.4 Å². The third-order valence-corrected chi connectivity index (χ3v) is 3.75. The zero-order chi connectivity index (χ0) is 24.5. The van der Waals surface area contributed by atoms with Gasteiger partial charge >= 0.3 is 23.8 Å². The molecule has 0 spiro atoms. The van der Waals surface area contributed by atoms with E-state index in [1.54, 1.807) is 30.5 Å². The summed E-state index contributed by atoms with van der Waals surface area (Å²) >= 11 is 0. The first kappa shape index (κ1) is 25.9. The first-order chi connectivity index (χ1) is 14.8. The number of amidine groups is 1. The fourth-order valence-corrected chi connectivity index (χ4v) is 2.21. The van der Waals surface area contributed by atoms with Crippen molar-refractivity contribution in [3.63, 3.8) is 0 Å². The van der Waals surface area contributed by atoms with Crippen LogP contribution in [0.5, 0.6) is 0 Å². The summed E-state index contributed by atoms with van der Waals surface area (Å²) in [5, 5.41) is 25.6. The van der Waals surface area contributed by atoms with Crippen LogP contribution in [0.2, 0.25) is 0 Å². The molecule has 2 aromatic rings. The zero-order valence-electron chi connectivity index (χ0n) is 16.4. The number of carbonyl (C=O) groups excluding carboxylic acids is 1. The maximum Gasteiger partial charge on any atom is 0.490 e. The number of hydrogen-bond donors (Lipinski definition) is 5. The van der Waals surface area contributed by atoms with Gasteiger partial charge in [0.25, 0.3) is 0 Å². The Kier molecular flexibility index (Phi) is 9.19. The SMILES string of the molecule is N=C(N)c1ccc(-n2ccn(CC(=O)NCCCC(=O)O)c2=O)cc1.O=C(O)C(F)(F)F. The molecule has 0 atom stereocenters. The summed E-state index contributed by atoms with van der Waals surface area (Å²) in [7, 11) is 0. The molecule has 0 aliphatic heterocycles. The number of nitrogens with two attached hydrogens (primary N) is 1. The fraction of sp³-hybridized carbons (Fsp3) is 0.278. The third kappa shape index (κ3) is 8.33. The molecule has 0 saturated heterocycles. The van der Waals surface area contributed by atoms with Gasteiger partial charge < -0.3 is 21.3 Å². The van der Waals surface area contributed by atoms with Crippen LogP contribution in [0.3, 0.4) is 0 Å². The maximum absolute atomic E-state index is 12.3. The van der Waals surface area contributed by atoms with E-state index in [-0.39, 0.29) is 36.9 Å². The molecule has 0 bridgehead atoms. The molecule has 0 fully saturated rings. The molecule has 1 heterocycles. The Morgan fingerprint density at radius 1 is 1.09 bits per heavy atom. The smallest absolute Gasteiger partial charge is 0.481 e. The number of aliphatic carboxylic acids is 2. The molecule has 0 saturated carbocycles. The van der Waals surface area contributed by atoms with E-state index in [1.807, 2.05) is 0 Å². The summed E-state index contributed by atoms with van der Waals surface area (Å²) in [5.41, 5.74) is 6.16. The molecule has 0 aliphatic carbocycles. The molecule has 32 heavy (non-hydrogen) atoms. The summed E-state index contributed by atoms with van der Waals surface area (Å²) in [6.07, 6.45) is -1.73. The second-order valence-corrected chi connectivity index (χ2v) is 6.19. The molecular weight excluding hydrogens is 439 g/mol. The van der Waals surface area contributed by atoms with Gasteiger partial charge in [-0.25, -0.2) is 9.59 Å². The Bertz CT molecular complexity index is 1030. The van der Waals surface area contributed by atoms with E-state index in [0.29, 0.717) is 17.7 Å². The van der Waals surface area contributed by atoms with Crippen LogP contribution in [0, 0.1) is 5.41 Å². The summed E-state index contributed by atoms with van der Waals surface area (Å²) in [5.74, 6) is -4.10. The number of imidazole rings is 1. The monoisotopic (exact) mass is 459 g/mol. The van der Waals surface area contributed by atoms with Crippen LogP contribution in [-0.4, -0.2) is 55.7 Å². The van der Waals surface area contributed by atoms with Gasteiger partial charge in [-0.05, 0) is 30.7 Å². The van der Waals surface area contributed by atoms with Crippen molar-refractivity contribution in [3.8, 4) is 5.69 Å². The number of aromatic nitrogens is 2. The number of hydrogen-bond acceptors (Lipinski definition) is 5. The molecule has 11 nitrogen and oxygen atoms in total. The van der Waals surface area contributed by atoms with E-state index < -0.39 is 18.1 Å². The number of nitrogen functional groups attached to an aromatic ring is 1. The maximum atomic E-state index is 12.3. The minimum atomic E-state index is -5.08. The van der Waals surface area contributed by atoms with Crippen molar-refractivity contribution in [3.05, 3.63) is 52.7 Å². The molecule has 1 aromatic heterocycles. The van der Waals surface area contributed by atoms with Gasteiger partial charge in [-0.1, -0.05) is 0 Å². The van der Waals surface area contributed by atoms with E-state index in [4.69, 9.17) is 26.2 Å². The molecule has 0 radical (unpaired) electrons. The van der Waals surface area contributed by atoms with Crippen molar-refractivity contribution in [2.45, 2.75) is 25.6 Å². The largest absolute Gasteiger partial charge is 0.490 e. The second-order valence-electron chi connectivity index (χ2n) is 6.19. The zero-order valence-corrected chi connectivity index (χ0v) is 16.4. The lowest BCUT2D eigenvalue weighted by Gasteiger charge is -2.05. The van der Waals surface area contributed by atoms with Crippen LogP contribution in [-0.2, 0) is 20.9 Å². The molecule has 14 heteroatoms. The number of carboxylic acids is 2. The highest BCUT2D eigenvalue weighted by Gasteiger charge is 2.38. The van der Waals surface area contributed by atoms with Crippen molar-refractivity contribution in [2.24, 2.45) is 5.73 Å². The van der Waals surface area contributed by atoms with Gasteiger partial charge in [0.1, 0.15) is 12.4 Å². The summed E-state index contributed by atoms with van der Waals surface area (Å²) in [4.78, 5) is 43.4. The number of carbonyl (C=O) groups is 3. The van der Waals surface area contributed by atoms with E-state index >= 15 is 0 Å². The average Bonchev–Trinajstić information content (AvgIpc) is 3.05. The Morgan fingerprint density at radius 3 is 2.12 bits per heavy atom. The first-order valence-electron chi connectivity index (χ1n) is 8.84. The van der Waals surface area contributed by atoms with Crippen LogP contribution < -0.4 is 16.7 Å². The van der Waals surface area contributed by atoms with Crippen molar-refractivity contribution < 1.29 is 37.8 Å². The van der Waals surface area contributed by atoms with Crippen molar-refractivity contribution >= 4 is 23.7 Å². The number of alkyl halides is 3. The van der Waals surface area contributed by atoms with Crippen molar-refractivity contribution in [1.82, 2.24) is 14.5 Å². The highest BCUT2D eigenvalue weighted by molar-refractivity contribution is 5.95. The van der Waals surface area contributed by atoms with Gasteiger partial charge in [0.15, 0.2) is 0 Å². The predicted octanol–water partition coefficient (Wildman–Crippen LogP) is 0.537. The number of amides is 1. The van der Waals surface area contributed by atoms with Crippen LogP contribution >= 0.6 is 0 Å². The molecule has 6 N–H and O–H groups in total. The van der Waals surface area contributed by atoms with Crippen LogP contribution in [0.4, 0.5) is 13.2 Å². The number of nitrogens with zero attached hydrogens (tertiary/aromatic N) is 2. The Hall–Kier alpha value is -4.10. The predicted molar refractivity (Wildman–Crippen MR) is 105 cm³/mol. The molecule has 2 rings (SSSR count). The van der Waals surface area contributed by atoms with Gasteiger partial charge in [-0.3, -0.25) is 24.1 Å². The summed E-state index contributed by atoms with van der Waals surface area (Å²) < 4.78 is 34.4. The quantitative estimate of drug-likeness (QED) is 0.217. The van der Waals surface area contributed by atoms with Crippen LogP contribution in [0.15, 0.2) is 41.5 Å². The summed E-state index contributed by atoms with van der Waals surface area (Å²) in [6, 6.07) is 6.59. The molecule has 174 valence electrons. The van der Waals surface area contributed by atoms with Crippen molar-refractivity contribution in [1.29, 1.82) is 5.41 Å².